The Balaban J connectivity index is 2.23. The predicted molar refractivity (Wildman–Crippen MR) is 75.1 cm³/mol. The van der Waals surface area contributed by atoms with Crippen LogP contribution in [0.3, 0.4) is 0 Å². The van der Waals surface area contributed by atoms with E-state index in [1.165, 1.54) is 17.0 Å². The van der Waals surface area contributed by atoms with Gasteiger partial charge in [0.15, 0.2) is 0 Å². The molecule has 108 valence electrons. The third-order valence-corrected chi connectivity index (χ3v) is 2.99. The monoisotopic (exact) mass is 279 g/mol. The maximum atomic E-state index is 13.3. The van der Waals surface area contributed by atoms with E-state index in [1.807, 2.05) is 13.8 Å². The minimum absolute atomic E-state index is 0.325. The minimum atomic E-state index is -0.474. The van der Waals surface area contributed by atoms with Crippen molar-refractivity contribution in [3.63, 3.8) is 0 Å². The SMILES string of the molecule is CN(C)C(=O)OC1=NN(c2cccc(F)c2)CC1(C)C. The lowest BCUT2D eigenvalue weighted by Gasteiger charge is -2.21. The van der Waals surface area contributed by atoms with Crippen molar-refractivity contribution in [2.75, 3.05) is 25.6 Å². The summed E-state index contributed by atoms with van der Waals surface area (Å²) >= 11 is 0. The lowest BCUT2D eigenvalue weighted by atomic mass is 9.94. The number of carbonyl (C=O) groups excluding carboxylic acids is 1. The molecule has 0 saturated carbocycles. The van der Waals surface area contributed by atoms with Gasteiger partial charge in [-0.3, -0.25) is 5.01 Å². The van der Waals surface area contributed by atoms with Crippen molar-refractivity contribution in [3.8, 4) is 0 Å². The fourth-order valence-electron chi connectivity index (χ4n) is 1.84. The molecule has 0 fully saturated rings. The van der Waals surface area contributed by atoms with Gasteiger partial charge in [0.25, 0.3) is 0 Å². The van der Waals surface area contributed by atoms with Gasteiger partial charge in [-0.25, -0.2) is 9.18 Å². The van der Waals surface area contributed by atoms with Crippen LogP contribution in [-0.2, 0) is 4.74 Å². The van der Waals surface area contributed by atoms with Gasteiger partial charge in [-0.2, -0.15) is 0 Å². The average Bonchev–Trinajstić information content (AvgIpc) is 2.65. The summed E-state index contributed by atoms with van der Waals surface area (Å²) in [7, 11) is 3.21. The van der Waals surface area contributed by atoms with E-state index in [1.54, 1.807) is 31.2 Å². The topological polar surface area (TPSA) is 45.1 Å². The molecule has 5 nitrogen and oxygen atoms in total. The van der Waals surface area contributed by atoms with Crippen molar-refractivity contribution in [2.45, 2.75) is 13.8 Å². The minimum Gasteiger partial charge on any atom is -0.393 e. The first-order valence-corrected chi connectivity index (χ1v) is 6.31. The molecule has 1 aromatic carbocycles. The van der Waals surface area contributed by atoms with E-state index in [2.05, 4.69) is 5.10 Å². The number of halogens is 1. The zero-order valence-corrected chi connectivity index (χ0v) is 12.1. The Morgan fingerprint density at radius 3 is 2.75 bits per heavy atom. The van der Waals surface area contributed by atoms with E-state index in [9.17, 15) is 9.18 Å². The Morgan fingerprint density at radius 2 is 2.15 bits per heavy atom. The molecule has 0 saturated heterocycles. The molecule has 1 aromatic rings. The van der Waals surface area contributed by atoms with Crippen LogP contribution in [0.2, 0.25) is 0 Å². The molecule has 1 heterocycles. The second kappa shape index (κ2) is 5.11. The molecule has 1 aliphatic heterocycles. The van der Waals surface area contributed by atoms with Crippen LogP contribution in [0.5, 0.6) is 0 Å². The van der Waals surface area contributed by atoms with Crippen molar-refractivity contribution >= 4 is 17.7 Å². The van der Waals surface area contributed by atoms with Gasteiger partial charge in [0.1, 0.15) is 5.82 Å². The average molecular weight is 279 g/mol. The van der Waals surface area contributed by atoms with E-state index in [0.29, 0.717) is 18.1 Å². The first-order chi connectivity index (χ1) is 9.29. The molecule has 1 amide bonds. The number of nitrogens with zero attached hydrogens (tertiary/aromatic N) is 3. The number of rotatable bonds is 1. The molecule has 0 aliphatic carbocycles. The lowest BCUT2D eigenvalue weighted by molar-refractivity contribution is 0.163. The zero-order chi connectivity index (χ0) is 14.9. The molecule has 2 rings (SSSR count). The van der Waals surface area contributed by atoms with E-state index in [4.69, 9.17) is 4.74 Å². The normalized spacial score (nSPS) is 16.9. The maximum Gasteiger partial charge on any atom is 0.415 e. The van der Waals surface area contributed by atoms with E-state index in [0.717, 1.165) is 0 Å². The van der Waals surface area contributed by atoms with Crippen LogP contribution in [-0.4, -0.2) is 37.5 Å². The molecule has 0 spiro atoms. The summed E-state index contributed by atoms with van der Waals surface area (Å²) in [5, 5.41) is 5.93. The summed E-state index contributed by atoms with van der Waals surface area (Å²) in [5.41, 5.74) is 0.215. The molecule has 0 atom stereocenters. The molecule has 0 aromatic heterocycles. The summed E-state index contributed by atoms with van der Waals surface area (Å²) in [5.74, 6) is 0.00898. The smallest absolute Gasteiger partial charge is 0.393 e. The van der Waals surface area contributed by atoms with Crippen LogP contribution < -0.4 is 5.01 Å². The largest absolute Gasteiger partial charge is 0.415 e. The van der Waals surface area contributed by atoms with Crippen LogP contribution in [0.4, 0.5) is 14.9 Å². The number of ether oxygens (including phenoxy) is 1. The van der Waals surface area contributed by atoms with Crippen LogP contribution in [0.25, 0.3) is 0 Å². The second-order valence-electron chi connectivity index (χ2n) is 5.59. The highest BCUT2D eigenvalue weighted by Gasteiger charge is 2.38. The van der Waals surface area contributed by atoms with Gasteiger partial charge in [-0.05, 0) is 32.0 Å². The summed E-state index contributed by atoms with van der Waals surface area (Å²) < 4.78 is 18.5. The molecule has 1 aliphatic rings. The quantitative estimate of drug-likeness (QED) is 0.794. The number of hydrogen-bond acceptors (Lipinski definition) is 4. The van der Waals surface area contributed by atoms with E-state index in [-0.39, 0.29) is 5.82 Å². The van der Waals surface area contributed by atoms with Crippen LogP contribution >= 0.6 is 0 Å². The Bertz CT molecular complexity index is 555. The fourth-order valence-corrected chi connectivity index (χ4v) is 1.84. The number of anilines is 1. The van der Waals surface area contributed by atoms with Gasteiger partial charge in [0.05, 0.1) is 17.6 Å². The summed E-state index contributed by atoms with van der Waals surface area (Å²) in [6, 6.07) is 6.16. The molecule has 0 bridgehead atoms. The van der Waals surface area contributed by atoms with Crippen LogP contribution in [0.15, 0.2) is 29.4 Å². The van der Waals surface area contributed by atoms with Gasteiger partial charge in [-0.15, -0.1) is 5.10 Å². The number of hydrazone groups is 1. The highest BCUT2D eigenvalue weighted by atomic mass is 19.1. The highest BCUT2D eigenvalue weighted by molar-refractivity contribution is 5.93. The number of amides is 1. The molecule has 0 radical (unpaired) electrons. The lowest BCUT2D eigenvalue weighted by Crippen LogP contribution is -2.33. The fraction of sp³-hybridized carbons (Fsp3) is 0.429. The van der Waals surface area contributed by atoms with Crippen molar-refractivity contribution in [2.24, 2.45) is 10.5 Å². The van der Waals surface area contributed by atoms with Crippen LogP contribution in [0, 0.1) is 11.2 Å². The van der Waals surface area contributed by atoms with Crippen molar-refractivity contribution in [3.05, 3.63) is 30.1 Å². The highest BCUT2D eigenvalue weighted by Crippen LogP contribution is 2.31. The third-order valence-electron chi connectivity index (χ3n) is 2.99. The van der Waals surface area contributed by atoms with Gasteiger partial charge in [0.2, 0.25) is 5.90 Å². The van der Waals surface area contributed by atoms with Crippen molar-refractivity contribution < 1.29 is 13.9 Å². The Hall–Kier alpha value is -2.11. The van der Waals surface area contributed by atoms with Gasteiger partial charge < -0.3 is 9.64 Å². The summed E-state index contributed by atoms with van der Waals surface area (Å²) in [6.45, 7) is 4.37. The molecule has 0 unspecified atom stereocenters. The summed E-state index contributed by atoms with van der Waals surface area (Å²) in [6.07, 6.45) is -0.474. The molecule has 6 heteroatoms. The standard InChI is InChI=1S/C14H18FN3O2/c1-14(2)9-18(11-7-5-6-10(15)8-11)16-12(14)20-13(19)17(3)4/h5-8H,9H2,1-4H3. The van der Waals surface area contributed by atoms with Crippen LogP contribution in [0.1, 0.15) is 13.8 Å². The molecule has 20 heavy (non-hydrogen) atoms. The second-order valence-corrected chi connectivity index (χ2v) is 5.59. The Morgan fingerprint density at radius 1 is 1.45 bits per heavy atom. The Kier molecular flexibility index (Phi) is 3.65. The summed E-state index contributed by atoms with van der Waals surface area (Å²) in [4.78, 5) is 13.0. The molecule has 0 N–H and O–H groups in total. The van der Waals surface area contributed by atoms with Gasteiger partial charge in [-0.1, -0.05) is 6.07 Å². The first-order valence-electron chi connectivity index (χ1n) is 6.31. The van der Waals surface area contributed by atoms with Crippen molar-refractivity contribution in [1.29, 1.82) is 0 Å². The van der Waals surface area contributed by atoms with Gasteiger partial charge >= 0.3 is 6.09 Å². The molecular weight excluding hydrogens is 261 g/mol. The maximum absolute atomic E-state index is 13.3. The zero-order valence-electron chi connectivity index (χ0n) is 12.1. The van der Waals surface area contributed by atoms with E-state index >= 15 is 0 Å². The predicted octanol–water partition coefficient (Wildman–Crippen LogP) is 2.68. The van der Waals surface area contributed by atoms with Crippen molar-refractivity contribution in [1.82, 2.24) is 4.90 Å². The number of benzene rings is 1. The Labute approximate surface area is 117 Å². The third kappa shape index (κ3) is 2.89. The van der Waals surface area contributed by atoms with Gasteiger partial charge in [0, 0.05) is 14.1 Å². The molecular formula is C14H18FN3O2. The first kappa shape index (κ1) is 14.3. The number of carbonyl (C=O) groups is 1. The van der Waals surface area contributed by atoms with E-state index < -0.39 is 11.5 Å². The number of hydrogen-bond donors (Lipinski definition) is 0.